The molecule has 4 heteroatoms. The molecule has 1 amide bonds. The quantitative estimate of drug-likeness (QED) is 0.852. The molecule has 2 aliphatic rings. The van der Waals surface area contributed by atoms with E-state index in [0.29, 0.717) is 24.4 Å². The Bertz CT molecular complexity index is 439. The summed E-state index contributed by atoms with van der Waals surface area (Å²) in [6, 6.07) is 3.44. The summed E-state index contributed by atoms with van der Waals surface area (Å²) in [5, 5.41) is 4.22. The molecule has 1 atom stereocenters. The van der Waals surface area contributed by atoms with Crippen molar-refractivity contribution in [1.29, 1.82) is 0 Å². The van der Waals surface area contributed by atoms with Gasteiger partial charge >= 0.3 is 0 Å². The van der Waals surface area contributed by atoms with Crippen LogP contribution in [0.4, 0.5) is 0 Å². The summed E-state index contributed by atoms with van der Waals surface area (Å²) in [4.78, 5) is 16.8. The Kier molecular flexibility index (Phi) is 4.41. The lowest BCUT2D eigenvalue weighted by Gasteiger charge is -2.49. The first-order valence-electron chi connectivity index (χ1n) is 7.78. The molecule has 0 unspecified atom stereocenters. The van der Waals surface area contributed by atoms with Crippen LogP contribution in [-0.2, 0) is 11.2 Å². The molecule has 3 heterocycles. The van der Waals surface area contributed by atoms with Gasteiger partial charge in [0.25, 0.3) is 0 Å². The number of amides is 1. The molecule has 2 saturated heterocycles. The normalized spacial score (nSPS) is 24.6. The number of carbonyl (C=O) groups is 1. The van der Waals surface area contributed by atoms with Gasteiger partial charge in [-0.2, -0.15) is 11.3 Å². The Balaban J connectivity index is 1.41. The highest BCUT2D eigenvalue weighted by Crippen LogP contribution is 2.25. The summed E-state index contributed by atoms with van der Waals surface area (Å²) in [6.45, 7) is 5.46. The monoisotopic (exact) mass is 292 g/mol. The maximum atomic E-state index is 12.1. The molecular weight excluding hydrogens is 268 g/mol. The van der Waals surface area contributed by atoms with Crippen molar-refractivity contribution in [2.45, 2.75) is 51.1 Å². The number of likely N-dealkylation sites (tertiary alicyclic amines) is 2. The van der Waals surface area contributed by atoms with Crippen molar-refractivity contribution in [3.8, 4) is 0 Å². The summed E-state index contributed by atoms with van der Waals surface area (Å²) in [5.41, 5.74) is 1.30. The Hall–Kier alpha value is -0.870. The minimum absolute atomic E-state index is 0.331. The summed E-state index contributed by atoms with van der Waals surface area (Å²) in [6.07, 6.45) is 5.58. The smallest absolute Gasteiger partial charge is 0.223 e. The molecule has 0 saturated carbocycles. The Morgan fingerprint density at radius 3 is 2.95 bits per heavy atom. The van der Waals surface area contributed by atoms with Crippen molar-refractivity contribution >= 4 is 17.2 Å². The third-order valence-electron chi connectivity index (χ3n) is 4.75. The number of nitrogens with zero attached hydrogens (tertiary/aromatic N) is 2. The van der Waals surface area contributed by atoms with E-state index in [4.69, 9.17) is 0 Å². The zero-order chi connectivity index (χ0) is 13.9. The number of thiophene rings is 1. The van der Waals surface area contributed by atoms with Gasteiger partial charge < -0.3 is 4.90 Å². The summed E-state index contributed by atoms with van der Waals surface area (Å²) < 4.78 is 0. The number of hydrogen-bond donors (Lipinski definition) is 0. The van der Waals surface area contributed by atoms with Crippen molar-refractivity contribution in [2.24, 2.45) is 0 Å². The van der Waals surface area contributed by atoms with E-state index in [-0.39, 0.29) is 0 Å². The van der Waals surface area contributed by atoms with Gasteiger partial charge in [0, 0.05) is 31.6 Å². The molecule has 1 aromatic rings. The van der Waals surface area contributed by atoms with Crippen LogP contribution in [0.1, 0.15) is 38.2 Å². The highest BCUT2D eigenvalue weighted by atomic mass is 32.1. The fraction of sp³-hybridized carbons (Fsp3) is 0.688. The van der Waals surface area contributed by atoms with E-state index in [9.17, 15) is 4.79 Å². The lowest BCUT2D eigenvalue weighted by atomic mass is 9.97. The van der Waals surface area contributed by atoms with Crippen LogP contribution in [-0.4, -0.2) is 47.4 Å². The molecule has 0 aromatic carbocycles. The first-order valence-corrected chi connectivity index (χ1v) is 8.73. The standard InChI is InChI=1S/C16H24N2OS/c1-13-4-2-3-8-18(13)15-10-17(11-15)16(19)6-5-14-7-9-20-12-14/h7,9,12-13,15H,2-6,8,10-11H2,1H3/t13-/m1/s1. The molecular formula is C16H24N2OS. The maximum absolute atomic E-state index is 12.1. The van der Waals surface area contributed by atoms with Gasteiger partial charge in [-0.1, -0.05) is 6.42 Å². The van der Waals surface area contributed by atoms with E-state index in [2.05, 4.69) is 28.7 Å². The second-order valence-electron chi connectivity index (χ2n) is 6.17. The zero-order valence-electron chi connectivity index (χ0n) is 12.3. The molecule has 1 aromatic heterocycles. The van der Waals surface area contributed by atoms with Crippen LogP contribution in [0, 0.1) is 0 Å². The minimum Gasteiger partial charge on any atom is -0.339 e. The van der Waals surface area contributed by atoms with Crippen LogP contribution in [0.2, 0.25) is 0 Å². The number of carbonyl (C=O) groups excluding carboxylic acids is 1. The minimum atomic E-state index is 0.331. The predicted octanol–water partition coefficient (Wildman–Crippen LogP) is 2.77. The summed E-state index contributed by atoms with van der Waals surface area (Å²) >= 11 is 1.71. The van der Waals surface area contributed by atoms with E-state index in [1.807, 2.05) is 4.90 Å². The number of rotatable bonds is 4. The average molecular weight is 292 g/mol. The second kappa shape index (κ2) is 6.27. The molecule has 2 fully saturated rings. The second-order valence-corrected chi connectivity index (χ2v) is 6.95. The van der Waals surface area contributed by atoms with Crippen molar-refractivity contribution in [3.63, 3.8) is 0 Å². The van der Waals surface area contributed by atoms with Crippen LogP contribution < -0.4 is 0 Å². The maximum Gasteiger partial charge on any atom is 0.223 e. The fourth-order valence-electron chi connectivity index (χ4n) is 3.38. The van der Waals surface area contributed by atoms with E-state index in [1.165, 1.54) is 31.4 Å². The molecule has 3 nitrogen and oxygen atoms in total. The first-order chi connectivity index (χ1) is 9.74. The van der Waals surface area contributed by atoms with Crippen molar-refractivity contribution in [3.05, 3.63) is 22.4 Å². The zero-order valence-corrected chi connectivity index (χ0v) is 13.1. The van der Waals surface area contributed by atoms with Crippen molar-refractivity contribution in [2.75, 3.05) is 19.6 Å². The lowest BCUT2D eigenvalue weighted by molar-refractivity contribution is -0.139. The lowest BCUT2D eigenvalue weighted by Crippen LogP contribution is -2.63. The van der Waals surface area contributed by atoms with E-state index in [0.717, 1.165) is 19.5 Å². The predicted molar refractivity (Wildman–Crippen MR) is 83.0 cm³/mol. The molecule has 0 N–H and O–H groups in total. The van der Waals surface area contributed by atoms with Gasteiger partial charge in [0.05, 0.1) is 0 Å². The number of hydrogen-bond acceptors (Lipinski definition) is 3. The third kappa shape index (κ3) is 3.07. The Morgan fingerprint density at radius 1 is 1.40 bits per heavy atom. The van der Waals surface area contributed by atoms with Gasteiger partial charge in [0.1, 0.15) is 0 Å². The van der Waals surface area contributed by atoms with Crippen molar-refractivity contribution in [1.82, 2.24) is 9.80 Å². The topological polar surface area (TPSA) is 23.6 Å². The SMILES string of the molecule is C[C@@H]1CCCCN1C1CN(C(=O)CCc2ccsc2)C1. The molecule has 3 rings (SSSR count). The molecule has 0 aliphatic carbocycles. The Morgan fingerprint density at radius 2 is 2.25 bits per heavy atom. The van der Waals surface area contributed by atoms with Gasteiger partial charge in [0.15, 0.2) is 0 Å². The Labute approximate surface area is 125 Å². The van der Waals surface area contributed by atoms with Crippen LogP contribution in [0.3, 0.4) is 0 Å². The average Bonchev–Trinajstić information content (AvgIpc) is 2.90. The van der Waals surface area contributed by atoms with E-state index in [1.54, 1.807) is 11.3 Å². The van der Waals surface area contributed by atoms with Crippen LogP contribution in [0.15, 0.2) is 16.8 Å². The molecule has 110 valence electrons. The van der Waals surface area contributed by atoms with Crippen LogP contribution >= 0.6 is 11.3 Å². The molecule has 2 aliphatic heterocycles. The summed E-state index contributed by atoms with van der Waals surface area (Å²) in [5.74, 6) is 0.331. The molecule has 0 spiro atoms. The summed E-state index contributed by atoms with van der Waals surface area (Å²) in [7, 11) is 0. The molecule has 20 heavy (non-hydrogen) atoms. The van der Waals surface area contributed by atoms with Gasteiger partial charge in [-0.05, 0) is 55.1 Å². The van der Waals surface area contributed by atoms with Gasteiger partial charge in [-0.3, -0.25) is 9.69 Å². The largest absolute Gasteiger partial charge is 0.339 e. The molecule has 0 bridgehead atoms. The van der Waals surface area contributed by atoms with E-state index < -0.39 is 0 Å². The van der Waals surface area contributed by atoms with Gasteiger partial charge in [-0.25, -0.2) is 0 Å². The third-order valence-corrected chi connectivity index (χ3v) is 5.48. The number of piperidine rings is 1. The molecule has 0 radical (unpaired) electrons. The van der Waals surface area contributed by atoms with E-state index >= 15 is 0 Å². The first kappa shape index (κ1) is 14.1. The van der Waals surface area contributed by atoms with Crippen LogP contribution in [0.5, 0.6) is 0 Å². The highest BCUT2D eigenvalue weighted by Gasteiger charge is 2.36. The van der Waals surface area contributed by atoms with Crippen molar-refractivity contribution < 1.29 is 4.79 Å². The van der Waals surface area contributed by atoms with Gasteiger partial charge in [0.2, 0.25) is 5.91 Å². The highest BCUT2D eigenvalue weighted by molar-refractivity contribution is 7.07. The fourth-order valence-corrected chi connectivity index (χ4v) is 4.08. The van der Waals surface area contributed by atoms with Crippen LogP contribution in [0.25, 0.3) is 0 Å². The number of aryl methyl sites for hydroxylation is 1. The van der Waals surface area contributed by atoms with Gasteiger partial charge in [-0.15, -0.1) is 0 Å².